The molecule has 0 amide bonds. The lowest BCUT2D eigenvalue weighted by atomic mass is 10.3. The fraction of sp³-hybridized carbons (Fsp3) is 0. The number of nitrogens with two attached hydrogens (primary N) is 2. The maximum absolute atomic E-state index is 5.59. The molecule has 0 aliphatic heterocycles. The molecule has 6 N–H and O–H groups in total. The highest BCUT2D eigenvalue weighted by molar-refractivity contribution is 5.71. The van der Waals surface area contributed by atoms with Crippen molar-refractivity contribution in [1.29, 1.82) is 0 Å². The molecule has 1 aromatic heterocycles. The average molecular weight is 203 g/mol. The smallest absolute Gasteiger partial charge is 0.291 e. The normalized spacial score (nSPS) is 8.92. The van der Waals surface area contributed by atoms with Gasteiger partial charge in [0.1, 0.15) is 0 Å². The van der Waals surface area contributed by atoms with E-state index in [1.807, 2.05) is 24.3 Å². The molecule has 0 saturated carbocycles. The molecule has 2 rings (SSSR count). The van der Waals surface area contributed by atoms with Crippen molar-refractivity contribution in [3.63, 3.8) is 0 Å². The average Bonchev–Trinajstić information content (AvgIpc) is 2.30. The molecule has 0 bridgehead atoms. The summed E-state index contributed by atoms with van der Waals surface area (Å²) in [4.78, 5) is 0. The number of nitrogens with zero attached hydrogens (tertiary/aromatic N) is 2. The zero-order valence-electron chi connectivity index (χ0n) is 6.81. The van der Waals surface area contributed by atoms with Crippen molar-refractivity contribution in [2.45, 2.75) is 0 Å². The van der Waals surface area contributed by atoms with Crippen LogP contribution in [0.4, 0.5) is 0 Å². The van der Waals surface area contributed by atoms with Crippen LogP contribution in [0.3, 0.4) is 0 Å². The van der Waals surface area contributed by atoms with Gasteiger partial charge in [-0.3, -0.25) is 11.7 Å². The number of halogens is 1. The van der Waals surface area contributed by atoms with E-state index in [4.69, 9.17) is 11.7 Å². The Balaban J connectivity index is 0.000000720. The Morgan fingerprint density at radius 2 is 1.85 bits per heavy atom. The van der Waals surface area contributed by atoms with E-state index in [0.717, 1.165) is 11.0 Å². The molecule has 0 aliphatic rings. The van der Waals surface area contributed by atoms with Crippen LogP contribution < -0.4 is 28.8 Å². The van der Waals surface area contributed by atoms with Crippen LogP contribution in [0.5, 0.6) is 0 Å². The maximum atomic E-state index is 5.59. The van der Waals surface area contributed by atoms with Crippen LogP contribution in [0.2, 0.25) is 0 Å². The minimum Gasteiger partial charge on any atom is -1.00 e. The molecule has 0 saturated heterocycles. The number of rotatable bonds is 0. The number of hydrogen-bond donors (Lipinski definition) is 2. The van der Waals surface area contributed by atoms with Crippen molar-refractivity contribution >= 4 is 11.0 Å². The van der Waals surface area contributed by atoms with Gasteiger partial charge in [0.25, 0.3) is 6.33 Å². The molecular weight excluding hydrogens is 192 g/mol. The van der Waals surface area contributed by atoms with E-state index in [1.165, 1.54) is 9.35 Å². The molecule has 0 radical (unpaired) electrons. The highest BCUT2D eigenvalue weighted by Gasteiger charge is 2.09. The molecule has 0 unspecified atom stereocenters. The van der Waals surface area contributed by atoms with Crippen molar-refractivity contribution in [3.8, 4) is 0 Å². The maximum Gasteiger partial charge on any atom is 0.291 e. The van der Waals surface area contributed by atoms with Crippen molar-refractivity contribution in [2.24, 2.45) is 0 Å². The second kappa shape index (κ2) is 3.97. The number of nitrogen functional groups attached to an aromatic ring is 2. The van der Waals surface area contributed by atoms with E-state index < -0.39 is 0 Å². The summed E-state index contributed by atoms with van der Waals surface area (Å²) < 4.78 is 2.99. The van der Waals surface area contributed by atoms with Crippen LogP contribution in [0.15, 0.2) is 30.6 Å². The Bertz CT molecular complexity index is 364. The zero-order chi connectivity index (χ0) is 7.84. The molecule has 5 nitrogen and oxygen atoms in total. The van der Waals surface area contributed by atoms with Gasteiger partial charge in [-0.25, -0.2) is 0 Å². The Morgan fingerprint density at radius 1 is 1.23 bits per heavy atom. The predicted octanol–water partition coefficient (Wildman–Crippen LogP) is -4.46. The van der Waals surface area contributed by atoms with Crippen molar-refractivity contribution in [1.82, 2.24) is 4.68 Å². The molecule has 6 heteroatoms. The zero-order valence-corrected chi connectivity index (χ0v) is 7.57. The van der Waals surface area contributed by atoms with Crippen molar-refractivity contribution in [2.75, 3.05) is 11.7 Å². The Morgan fingerprint density at radius 3 is 2.46 bits per heavy atom. The number of fused-ring (bicyclic) bond motifs is 1. The summed E-state index contributed by atoms with van der Waals surface area (Å²) in [5.41, 5.74) is 1.85. The van der Waals surface area contributed by atoms with E-state index >= 15 is 0 Å². The first-order valence-corrected chi connectivity index (χ1v) is 3.31. The molecule has 1 heterocycles. The van der Waals surface area contributed by atoms with E-state index in [9.17, 15) is 0 Å². The summed E-state index contributed by atoms with van der Waals surface area (Å²) >= 11 is 0. The minimum absolute atomic E-state index is 0. The molecule has 0 aliphatic carbocycles. The number of aromatic nitrogens is 2. The fourth-order valence-corrected chi connectivity index (χ4v) is 1.16. The first-order chi connectivity index (χ1) is 5.29. The van der Waals surface area contributed by atoms with E-state index in [0.29, 0.717) is 0 Å². The van der Waals surface area contributed by atoms with Gasteiger partial charge in [-0.2, -0.15) is 0 Å². The van der Waals surface area contributed by atoms with Crippen molar-refractivity contribution in [3.05, 3.63) is 30.6 Å². The predicted molar refractivity (Wildman–Crippen MR) is 46.0 cm³/mol. The monoisotopic (exact) mass is 202 g/mol. The van der Waals surface area contributed by atoms with E-state index in [2.05, 4.69) is 0 Å². The van der Waals surface area contributed by atoms with E-state index in [-0.39, 0.29) is 17.9 Å². The second-order valence-corrected chi connectivity index (χ2v) is 2.42. The molecular formula is C7H11ClN4O. The lowest BCUT2D eigenvalue weighted by Crippen LogP contribution is -3.00. The third-order valence-corrected chi connectivity index (χ3v) is 1.69. The highest BCUT2D eigenvalue weighted by atomic mass is 35.5. The van der Waals surface area contributed by atoms with Gasteiger partial charge in [0.15, 0.2) is 0 Å². The Hall–Kier alpha value is -1.46. The summed E-state index contributed by atoms with van der Waals surface area (Å²) in [5.74, 6) is 11.2. The molecule has 0 atom stereocenters. The van der Waals surface area contributed by atoms with Crippen LogP contribution in [-0.2, 0) is 0 Å². The second-order valence-electron chi connectivity index (χ2n) is 2.42. The Labute approximate surface area is 81.2 Å². The summed E-state index contributed by atoms with van der Waals surface area (Å²) in [7, 11) is 0. The first kappa shape index (κ1) is 11.5. The Kier molecular flexibility index (Phi) is 3.53. The molecule has 1 aromatic carbocycles. The quantitative estimate of drug-likeness (QED) is 0.333. The van der Waals surface area contributed by atoms with Gasteiger partial charge >= 0.3 is 0 Å². The van der Waals surface area contributed by atoms with Gasteiger partial charge in [0, 0.05) is 0 Å². The lowest BCUT2D eigenvalue weighted by Gasteiger charge is -1.83. The third-order valence-electron chi connectivity index (χ3n) is 1.69. The van der Waals surface area contributed by atoms with Crippen LogP contribution in [0, 0.1) is 0 Å². The third kappa shape index (κ3) is 1.66. The van der Waals surface area contributed by atoms with E-state index in [1.54, 1.807) is 6.33 Å². The standard InChI is InChI=1S/C7H9N4.ClH.H2O/c8-10-5-11(9)7-4-2-1-3-6(7)10;;/h1-5H,8-9H2;1H;1H2/q+1;;/p-1. The topological polar surface area (TPSA) is 92.3 Å². The summed E-state index contributed by atoms with van der Waals surface area (Å²) in [6.07, 6.45) is 1.63. The summed E-state index contributed by atoms with van der Waals surface area (Å²) in [6.45, 7) is 0. The number of imidazole rings is 1. The molecule has 0 spiro atoms. The van der Waals surface area contributed by atoms with Crippen LogP contribution >= 0.6 is 0 Å². The highest BCUT2D eigenvalue weighted by Crippen LogP contribution is 2.05. The molecule has 2 aromatic rings. The fourth-order valence-electron chi connectivity index (χ4n) is 1.16. The van der Waals surface area contributed by atoms with Crippen LogP contribution in [-0.4, -0.2) is 10.2 Å². The van der Waals surface area contributed by atoms with Gasteiger partial charge < -0.3 is 17.9 Å². The molecule has 13 heavy (non-hydrogen) atoms. The lowest BCUT2D eigenvalue weighted by molar-refractivity contribution is -0.612. The van der Waals surface area contributed by atoms with Gasteiger partial charge in [-0.05, 0) is 12.1 Å². The van der Waals surface area contributed by atoms with Crippen molar-refractivity contribution < 1.29 is 22.6 Å². The van der Waals surface area contributed by atoms with Gasteiger partial charge in [0.05, 0.1) is 0 Å². The SMILES string of the molecule is Nn1c[n+](N)c2ccccc21.O.[Cl-]. The summed E-state index contributed by atoms with van der Waals surface area (Å²) in [6, 6.07) is 7.68. The number of para-hydroxylation sites is 2. The largest absolute Gasteiger partial charge is 1.00 e. The van der Waals surface area contributed by atoms with Gasteiger partial charge in [-0.15, -0.1) is 9.35 Å². The number of benzene rings is 1. The molecule has 0 fully saturated rings. The summed E-state index contributed by atoms with van der Waals surface area (Å²) in [5, 5.41) is 0. The number of hydrogen-bond acceptors (Lipinski definition) is 2. The minimum atomic E-state index is 0. The van der Waals surface area contributed by atoms with Crippen LogP contribution in [0.1, 0.15) is 0 Å². The van der Waals surface area contributed by atoms with Crippen LogP contribution in [0.25, 0.3) is 11.0 Å². The first-order valence-electron chi connectivity index (χ1n) is 3.31. The van der Waals surface area contributed by atoms with Gasteiger partial charge in [0.2, 0.25) is 11.0 Å². The molecule has 72 valence electrons. The van der Waals surface area contributed by atoms with Gasteiger partial charge in [-0.1, -0.05) is 12.1 Å².